The van der Waals surface area contributed by atoms with Gasteiger partial charge >= 0.3 is 0 Å². The second-order valence-electron chi connectivity index (χ2n) is 4.52. The monoisotopic (exact) mass is 335 g/mol. The summed E-state index contributed by atoms with van der Waals surface area (Å²) in [4.78, 5) is 6.01. The van der Waals surface area contributed by atoms with Crippen molar-refractivity contribution in [2.75, 3.05) is 5.43 Å². The van der Waals surface area contributed by atoms with E-state index >= 15 is 0 Å². The van der Waals surface area contributed by atoms with Gasteiger partial charge in [-0.3, -0.25) is 5.43 Å². The van der Waals surface area contributed by atoms with Gasteiger partial charge in [0, 0.05) is 9.35 Å². The van der Waals surface area contributed by atoms with Crippen LogP contribution in [-0.4, -0.2) is 11.2 Å². The molecule has 2 aromatic rings. The van der Waals surface area contributed by atoms with Gasteiger partial charge in [0.05, 0.1) is 11.9 Å². The van der Waals surface area contributed by atoms with Gasteiger partial charge in [-0.15, -0.1) is 11.3 Å². The molecule has 0 aliphatic heterocycles. The van der Waals surface area contributed by atoms with E-state index in [9.17, 15) is 0 Å². The van der Waals surface area contributed by atoms with Gasteiger partial charge < -0.3 is 0 Å². The highest BCUT2D eigenvalue weighted by molar-refractivity contribution is 9.10. The number of nitrogens with zero attached hydrogens (tertiary/aromatic N) is 2. The first-order valence-corrected chi connectivity index (χ1v) is 7.95. The molecule has 0 radical (unpaired) electrons. The summed E-state index contributed by atoms with van der Waals surface area (Å²) in [6.07, 6.45) is 6.65. The van der Waals surface area contributed by atoms with Crippen LogP contribution >= 0.6 is 27.3 Å². The van der Waals surface area contributed by atoms with E-state index in [4.69, 9.17) is 0 Å². The minimum Gasteiger partial charge on any atom is -0.253 e. The zero-order valence-corrected chi connectivity index (χ0v) is 12.8. The highest BCUT2D eigenvalue weighted by atomic mass is 79.9. The van der Waals surface area contributed by atoms with Gasteiger partial charge in [-0.1, -0.05) is 28.1 Å². The Kier molecular flexibility index (Phi) is 3.94. The van der Waals surface area contributed by atoms with Crippen LogP contribution in [-0.2, 0) is 12.8 Å². The summed E-state index contributed by atoms with van der Waals surface area (Å²) >= 11 is 5.14. The predicted octanol–water partition coefficient (Wildman–Crippen LogP) is 4.23. The zero-order chi connectivity index (χ0) is 13.1. The highest BCUT2D eigenvalue weighted by Crippen LogP contribution is 2.29. The van der Waals surface area contributed by atoms with E-state index in [1.165, 1.54) is 29.8 Å². The maximum atomic E-state index is 4.58. The molecule has 0 bridgehead atoms. The number of aryl methyl sites for hydroxylation is 2. The van der Waals surface area contributed by atoms with Crippen LogP contribution in [0.15, 0.2) is 33.8 Å². The summed E-state index contributed by atoms with van der Waals surface area (Å²) in [6, 6.07) is 8.04. The molecule has 0 spiro atoms. The van der Waals surface area contributed by atoms with Crippen molar-refractivity contribution < 1.29 is 0 Å². The number of thiazole rings is 1. The third-order valence-electron chi connectivity index (χ3n) is 3.09. The van der Waals surface area contributed by atoms with Crippen LogP contribution in [0.25, 0.3) is 0 Å². The molecule has 0 atom stereocenters. The molecule has 0 unspecified atom stereocenters. The first-order valence-electron chi connectivity index (χ1n) is 6.34. The van der Waals surface area contributed by atoms with Crippen molar-refractivity contribution in [2.45, 2.75) is 25.7 Å². The summed E-state index contributed by atoms with van der Waals surface area (Å²) in [5.74, 6) is 0. The normalized spacial score (nSPS) is 14.6. The molecule has 5 heteroatoms. The molecule has 1 aliphatic rings. The number of hydrogen-bond donors (Lipinski definition) is 1. The van der Waals surface area contributed by atoms with Crippen molar-refractivity contribution in [3.8, 4) is 0 Å². The largest absolute Gasteiger partial charge is 0.253 e. The van der Waals surface area contributed by atoms with Crippen LogP contribution in [0.4, 0.5) is 5.13 Å². The van der Waals surface area contributed by atoms with Crippen LogP contribution in [0.3, 0.4) is 0 Å². The van der Waals surface area contributed by atoms with E-state index in [1.807, 2.05) is 30.5 Å². The van der Waals surface area contributed by atoms with E-state index in [1.54, 1.807) is 11.3 Å². The van der Waals surface area contributed by atoms with Crippen LogP contribution in [0.1, 0.15) is 29.0 Å². The summed E-state index contributed by atoms with van der Waals surface area (Å²) in [7, 11) is 0. The number of hydrazone groups is 1. The Balaban J connectivity index is 1.65. The van der Waals surface area contributed by atoms with Crippen molar-refractivity contribution in [2.24, 2.45) is 5.10 Å². The van der Waals surface area contributed by atoms with Crippen molar-refractivity contribution in [1.29, 1.82) is 0 Å². The Hall–Kier alpha value is -1.20. The van der Waals surface area contributed by atoms with Gasteiger partial charge in [0.15, 0.2) is 0 Å². The number of benzene rings is 1. The number of anilines is 1. The van der Waals surface area contributed by atoms with Crippen LogP contribution in [0.5, 0.6) is 0 Å². The predicted molar refractivity (Wildman–Crippen MR) is 84.1 cm³/mol. The second kappa shape index (κ2) is 5.84. The quantitative estimate of drug-likeness (QED) is 0.673. The van der Waals surface area contributed by atoms with Crippen molar-refractivity contribution in [1.82, 2.24) is 4.98 Å². The topological polar surface area (TPSA) is 37.3 Å². The van der Waals surface area contributed by atoms with E-state index in [0.29, 0.717) is 0 Å². The van der Waals surface area contributed by atoms with Gasteiger partial charge in [0.2, 0.25) is 5.13 Å². The number of aromatic nitrogens is 1. The van der Waals surface area contributed by atoms with Crippen LogP contribution in [0.2, 0.25) is 0 Å². The molecule has 19 heavy (non-hydrogen) atoms. The number of rotatable bonds is 3. The molecule has 3 nitrogen and oxygen atoms in total. The molecular weight excluding hydrogens is 322 g/mol. The lowest BCUT2D eigenvalue weighted by atomic mass is 10.0. The van der Waals surface area contributed by atoms with E-state index < -0.39 is 0 Å². The van der Waals surface area contributed by atoms with Gasteiger partial charge in [0.25, 0.3) is 0 Å². The molecule has 0 saturated carbocycles. The van der Waals surface area contributed by atoms with Crippen LogP contribution in [0, 0.1) is 0 Å². The fourth-order valence-electron chi connectivity index (χ4n) is 2.11. The number of fused-ring (bicyclic) bond motifs is 1. The second-order valence-corrected chi connectivity index (χ2v) is 6.52. The molecule has 0 fully saturated rings. The number of hydrogen-bond acceptors (Lipinski definition) is 4. The molecular formula is C14H14BrN3S. The Morgan fingerprint density at radius 1 is 1.21 bits per heavy atom. The molecule has 1 aromatic heterocycles. The lowest BCUT2D eigenvalue weighted by molar-refractivity contribution is 0.682. The van der Waals surface area contributed by atoms with E-state index in [0.717, 1.165) is 21.6 Å². The smallest absolute Gasteiger partial charge is 0.203 e. The van der Waals surface area contributed by atoms with Gasteiger partial charge in [-0.2, -0.15) is 5.10 Å². The Morgan fingerprint density at radius 2 is 2.00 bits per heavy atom. The average Bonchev–Trinajstić information content (AvgIpc) is 2.83. The Morgan fingerprint density at radius 3 is 2.79 bits per heavy atom. The Labute approximate surface area is 124 Å². The van der Waals surface area contributed by atoms with Crippen molar-refractivity contribution >= 4 is 38.6 Å². The molecule has 1 aliphatic carbocycles. The first kappa shape index (κ1) is 12.8. The third kappa shape index (κ3) is 3.22. The summed E-state index contributed by atoms with van der Waals surface area (Å²) < 4.78 is 1.07. The Bertz CT molecular complexity index is 566. The SMILES string of the molecule is Brc1ccc(/C=N\Nc2nc3c(s2)CCCC3)cc1. The molecule has 1 heterocycles. The lowest BCUT2D eigenvalue weighted by Crippen LogP contribution is -1.99. The van der Waals surface area contributed by atoms with E-state index in [2.05, 4.69) is 31.4 Å². The summed E-state index contributed by atoms with van der Waals surface area (Å²) in [6.45, 7) is 0. The first-order chi connectivity index (χ1) is 9.31. The third-order valence-corrected chi connectivity index (χ3v) is 4.68. The van der Waals surface area contributed by atoms with Gasteiger partial charge in [0.1, 0.15) is 0 Å². The fourth-order valence-corrected chi connectivity index (χ4v) is 3.37. The van der Waals surface area contributed by atoms with E-state index in [-0.39, 0.29) is 0 Å². The van der Waals surface area contributed by atoms with Gasteiger partial charge in [-0.05, 0) is 43.4 Å². The van der Waals surface area contributed by atoms with Crippen molar-refractivity contribution in [3.05, 3.63) is 44.9 Å². The molecule has 3 rings (SSSR count). The molecule has 0 saturated heterocycles. The summed E-state index contributed by atoms with van der Waals surface area (Å²) in [5.41, 5.74) is 5.36. The molecule has 1 N–H and O–H groups in total. The maximum Gasteiger partial charge on any atom is 0.203 e. The minimum absolute atomic E-state index is 0.903. The van der Waals surface area contributed by atoms with Gasteiger partial charge in [-0.25, -0.2) is 4.98 Å². The maximum absolute atomic E-state index is 4.58. The lowest BCUT2D eigenvalue weighted by Gasteiger charge is -2.06. The molecule has 0 amide bonds. The number of nitrogens with one attached hydrogen (secondary N) is 1. The molecule has 1 aromatic carbocycles. The minimum atomic E-state index is 0.903. The van der Waals surface area contributed by atoms with Crippen LogP contribution < -0.4 is 5.43 Å². The average molecular weight is 336 g/mol. The zero-order valence-electron chi connectivity index (χ0n) is 10.4. The number of halogens is 1. The summed E-state index contributed by atoms with van der Waals surface area (Å²) in [5, 5.41) is 5.15. The fraction of sp³-hybridized carbons (Fsp3) is 0.286. The highest BCUT2D eigenvalue weighted by Gasteiger charge is 2.14. The molecule has 98 valence electrons. The van der Waals surface area contributed by atoms with Crippen molar-refractivity contribution in [3.63, 3.8) is 0 Å². The standard InChI is InChI=1S/C14H14BrN3S/c15-11-7-5-10(6-8-11)9-16-18-14-17-12-3-1-2-4-13(12)19-14/h5-9H,1-4H2,(H,17,18)/b16-9-.